The lowest BCUT2D eigenvalue weighted by Crippen LogP contribution is -2.49. The van der Waals surface area contributed by atoms with Crippen LogP contribution in [0.1, 0.15) is 18.1 Å². The van der Waals surface area contributed by atoms with E-state index in [1.54, 1.807) is 27.4 Å². The van der Waals surface area contributed by atoms with Crippen molar-refractivity contribution in [3.63, 3.8) is 0 Å². The average molecular weight is 342 g/mol. The number of anilines is 1. The summed E-state index contributed by atoms with van der Waals surface area (Å²) < 4.78 is 14.6. The minimum absolute atomic E-state index is 0.312. The van der Waals surface area contributed by atoms with Crippen LogP contribution < -0.4 is 9.88 Å². The fourth-order valence-corrected chi connectivity index (χ4v) is 3.12. The Balaban J connectivity index is 2.01. The van der Waals surface area contributed by atoms with E-state index in [9.17, 15) is 15.3 Å². The maximum absolute atomic E-state index is 10.3. The van der Waals surface area contributed by atoms with Gasteiger partial charge in [0.25, 0.3) is 11.8 Å². The Labute approximate surface area is 139 Å². The van der Waals surface area contributed by atoms with E-state index >= 15 is 0 Å². The van der Waals surface area contributed by atoms with Gasteiger partial charge in [0, 0.05) is 21.2 Å². The van der Waals surface area contributed by atoms with Crippen LogP contribution in [0.15, 0.2) is 11.3 Å². The van der Waals surface area contributed by atoms with Crippen molar-refractivity contribution in [3.8, 4) is 0 Å². The van der Waals surface area contributed by atoms with E-state index in [0.717, 1.165) is 0 Å². The van der Waals surface area contributed by atoms with Gasteiger partial charge in [-0.1, -0.05) is 0 Å². The number of methoxy groups -OCH3 is 1. The highest BCUT2D eigenvalue weighted by Gasteiger charge is 2.49. The molecule has 5 atom stereocenters. The number of rotatable bonds is 3. The number of nitrogens with zero attached hydrogens (tertiary/aromatic N) is 4. The molecule has 10 heteroatoms. The van der Waals surface area contributed by atoms with Gasteiger partial charge in [0.1, 0.15) is 18.3 Å². The van der Waals surface area contributed by atoms with Gasteiger partial charge in [-0.3, -0.25) is 4.57 Å². The van der Waals surface area contributed by atoms with E-state index in [1.165, 1.54) is 7.11 Å². The lowest BCUT2D eigenvalue weighted by molar-refractivity contribution is -0.753. The Morgan fingerprint density at radius 2 is 2.17 bits per heavy atom. The van der Waals surface area contributed by atoms with E-state index < -0.39 is 30.8 Å². The number of aliphatic hydroxyl groups excluding tert-OH is 3. The summed E-state index contributed by atoms with van der Waals surface area (Å²) in [6, 6.07) is 0. The molecule has 0 aliphatic carbocycles. The molecule has 0 aromatic carbocycles. The molecule has 0 spiro atoms. The lowest BCUT2D eigenvalue weighted by atomic mass is 10.1. The van der Waals surface area contributed by atoms with Crippen LogP contribution in [0.4, 0.5) is 5.82 Å². The van der Waals surface area contributed by atoms with Crippen LogP contribution in [-0.2, 0) is 16.5 Å². The molecule has 0 bridgehead atoms. The van der Waals surface area contributed by atoms with Crippen molar-refractivity contribution in [1.82, 2.24) is 9.47 Å². The standard InChI is InChI=1S/C14H24N5O5/c1-17(2)14-15-11-8(12(22)16-14)18(3)6-19(11)13-10(23-4)9(21)7(5-20)24-13/h6-7,9-10,12-13,20-22H,5H2,1-4H3,(H,15,16)/q+1/t7-,9?,10+,12?,13-/m1/s1. The molecule has 3 rings (SSSR count). The maximum Gasteiger partial charge on any atom is 0.271 e. The van der Waals surface area contributed by atoms with Crippen molar-refractivity contribution >= 4 is 11.8 Å². The highest BCUT2D eigenvalue weighted by molar-refractivity contribution is 5.93. The molecule has 2 aliphatic heterocycles. The predicted molar refractivity (Wildman–Crippen MR) is 83.1 cm³/mol. The summed E-state index contributed by atoms with van der Waals surface area (Å²) in [7, 11) is 6.89. The number of aliphatic hydroxyl groups is 3. The van der Waals surface area contributed by atoms with Crippen molar-refractivity contribution in [1.29, 1.82) is 0 Å². The van der Waals surface area contributed by atoms with Crippen LogP contribution in [0, 0.1) is 0 Å². The first-order chi connectivity index (χ1) is 11.4. The molecule has 24 heavy (non-hydrogen) atoms. The van der Waals surface area contributed by atoms with Gasteiger partial charge in [0.15, 0.2) is 6.33 Å². The topological polar surface area (TPSA) is 116 Å². The molecule has 134 valence electrons. The van der Waals surface area contributed by atoms with Crippen molar-refractivity contribution in [3.05, 3.63) is 12.0 Å². The second-order valence-electron chi connectivity index (χ2n) is 6.15. The molecule has 1 fully saturated rings. The summed E-state index contributed by atoms with van der Waals surface area (Å²) in [5, 5.41) is 33.1. The zero-order chi connectivity index (χ0) is 17.6. The first-order valence-electron chi connectivity index (χ1n) is 7.66. The lowest BCUT2D eigenvalue weighted by Gasteiger charge is -2.22. The Hall–Kier alpha value is -1.72. The third kappa shape index (κ3) is 2.56. The van der Waals surface area contributed by atoms with Crippen LogP contribution in [0.5, 0.6) is 0 Å². The number of aliphatic imine (C=N–C) groups is 1. The molecule has 0 radical (unpaired) electrons. The molecule has 1 aromatic heterocycles. The minimum atomic E-state index is -1.02. The molecule has 10 nitrogen and oxygen atoms in total. The monoisotopic (exact) mass is 342 g/mol. The van der Waals surface area contributed by atoms with Crippen molar-refractivity contribution in [2.45, 2.75) is 30.8 Å². The third-order valence-corrected chi connectivity index (χ3v) is 4.36. The second kappa shape index (κ2) is 6.30. The maximum atomic E-state index is 10.3. The summed E-state index contributed by atoms with van der Waals surface area (Å²) in [4.78, 5) is 5.95. The zero-order valence-electron chi connectivity index (χ0n) is 14.1. The van der Waals surface area contributed by atoms with E-state index in [4.69, 9.17) is 9.47 Å². The Morgan fingerprint density at radius 3 is 2.75 bits per heavy atom. The quantitative estimate of drug-likeness (QED) is 0.466. The van der Waals surface area contributed by atoms with Crippen molar-refractivity contribution in [2.75, 3.05) is 33.1 Å². The van der Waals surface area contributed by atoms with Crippen LogP contribution in [0.2, 0.25) is 0 Å². The number of aromatic nitrogens is 2. The summed E-state index contributed by atoms with van der Waals surface area (Å²) in [6.45, 7) is -0.312. The van der Waals surface area contributed by atoms with E-state index in [1.807, 2.05) is 14.1 Å². The fraction of sp³-hybridized carbons (Fsp3) is 0.714. The van der Waals surface area contributed by atoms with Crippen LogP contribution in [-0.4, -0.2) is 76.9 Å². The molecule has 1 saturated heterocycles. The van der Waals surface area contributed by atoms with E-state index in [0.29, 0.717) is 17.5 Å². The molecule has 0 saturated carbocycles. The van der Waals surface area contributed by atoms with Gasteiger partial charge in [-0.05, 0) is 0 Å². The first kappa shape index (κ1) is 17.1. The summed E-state index contributed by atoms with van der Waals surface area (Å²) in [5.41, 5.74) is 0.570. The summed E-state index contributed by atoms with van der Waals surface area (Å²) >= 11 is 0. The van der Waals surface area contributed by atoms with Gasteiger partial charge in [-0.2, -0.15) is 4.99 Å². The number of hydrogen-bond acceptors (Lipinski definition) is 8. The van der Waals surface area contributed by atoms with Crippen molar-refractivity contribution in [2.24, 2.45) is 12.0 Å². The fourth-order valence-electron chi connectivity index (χ4n) is 3.12. The number of guanidine groups is 1. The molecule has 2 aliphatic rings. The van der Waals surface area contributed by atoms with Gasteiger partial charge in [-0.25, -0.2) is 9.88 Å². The molecule has 3 heterocycles. The number of nitrogens with one attached hydrogen (secondary N) is 1. The number of imidazole rings is 1. The van der Waals surface area contributed by atoms with Gasteiger partial charge in [-0.15, -0.1) is 0 Å². The smallest absolute Gasteiger partial charge is 0.271 e. The Bertz CT molecular complexity index is 646. The number of ether oxygens (including phenoxy) is 2. The highest BCUT2D eigenvalue weighted by atomic mass is 16.6. The molecular formula is C14H24N5O5+. The normalized spacial score (nSPS) is 32.3. The molecule has 2 unspecified atom stereocenters. The highest BCUT2D eigenvalue weighted by Crippen LogP contribution is 2.32. The van der Waals surface area contributed by atoms with Gasteiger partial charge in [0.05, 0.1) is 13.7 Å². The first-order valence-corrected chi connectivity index (χ1v) is 7.66. The molecule has 1 aromatic rings. The summed E-state index contributed by atoms with van der Waals surface area (Å²) in [6.07, 6.45) is -2.29. The average Bonchev–Trinajstić information content (AvgIpc) is 3.04. The second-order valence-corrected chi connectivity index (χ2v) is 6.15. The number of hydrogen-bond donors (Lipinski definition) is 4. The predicted octanol–water partition coefficient (Wildman–Crippen LogP) is -2.09. The molecule has 4 N–H and O–H groups in total. The van der Waals surface area contributed by atoms with Crippen LogP contribution >= 0.6 is 0 Å². The van der Waals surface area contributed by atoms with Crippen LogP contribution in [0.25, 0.3) is 0 Å². The van der Waals surface area contributed by atoms with E-state index in [2.05, 4.69) is 10.3 Å². The van der Waals surface area contributed by atoms with Gasteiger partial charge < -0.3 is 29.7 Å². The van der Waals surface area contributed by atoms with E-state index in [-0.39, 0.29) is 6.61 Å². The van der Waals surface area contributed by atoms with Gasteiger partial charge >= 0.3 is 0 Å². The zero-order valence-corrected chi connectivity index (χ0v) is 14.1. The third-order valence-electron chi connectivity index (χ3n) is 4.36. The Morgan fingerprint density at radius 1 is 1.46 bits per heavy atom. The number of fused-ring (bicyclic) bond motifs is 1. The SMILES string of the molecule is CO[C@H]1C(O)[C@@H](CO)O[C@H]1[n+]1cn(C)c2c1NC(N(C)C)=NC2O. The van der Waals surface area contributed by atoms with Gasteiger partial charge in [0.2, 0.25) is 18.1 Å². The minimum Gasteiger partial charge on any atom is -0.394 e. The van der Waals surface area contributed by atoms with Crippen LogP contribution in [0.3, 0.4) is 0 Å². The Kier molecular flexibility index (Phi) is 4.49. The molecular weight excluding hydrogens is 318 g/mol. The van der Waals surface area contributed by atoms with Crippen molar-refractivity contribution < 1.29 is 29.4 Å². The largest absolute Gasteiger partial charge is 0.394 e. The molecule has 0 amide bonds. The number of aryl methyl sites for hydroxylation is 1. The summed E-state index contributed by atoms with van der Waals surface area (Å²) in [5.74, 6) is 1.10.